The molecule has 0 spiro atoms. The normalized spacial score (nSPS) is 10.8. The van der Waals surface area contributed by atoms with Crippen molar-refractivity contribution < 1.29 is 9.47 Å². The van der Waals surface area contributed by atoms with Gasteiger partial charge in [0.05, 0.1) is 13.2 Å². The average Bonchev–Trinajstić information content (AvgIpc) is 2.69. The maximum absolute atomic E-state index is 5.83. The summed E-state index contributed by atoms with van der Waals surface area (Å²) in [6.07, 6.45) is 6.32. The number of ether oxygens (including phenoxy) is 2. The first-order chi connectivity index (χ1) is 13.2. The lowest BCUT2D eigenvalue weighted by atomic mass is 10.2. The van der Waals surface area contributed by atoms with Crippen molar-refractivity contribution in [2.24, 2.45) is 5.92 Å². The third-order valence-electron chi connectivity index (χ3n) is 4.35. The Morgan fingerprint density at radius 1 is 0.852 bits per heavy atom. The maximum Gasteiger partial charge on any atom is 0.121 e. The third-order valence-corrected chi connectivity index (χ3v) is 4.35. The van der Waals surface area contributed by atoms with E-state index in [1.54, 1.807) is 0 Å². The van der Waals surface area contributed by atoms with Crippen LogP contribution in [0.1, 0.15) is 58.4 Å². The SMILES string of the molecule is CCCCCCCOc1ccc(CNc2cccc(OCC(C)C)c2)cc1. The topological polar surface area (TPSA) is 30.5 Å². The van der Waals surface area contributed by atoms with Gasteiger partial charge in [-0.05, 0) is 42.2 Å². The van der Waals surface area contributed by atoms with E-state index in [9.17, 15) is 0 Å². The summed E-state index contributed by atoms with van der Waals surface area (Å²) in [6.45, 7) is 8.88. The van der Waals surface area contributed by atoms with E-state index >= 15 is 0 Å². The Hall–Kier alpha value is -2.16. The molecular weight excluding hydrogens is 334 g/mol. The minimum atomic E-state index is 0.527. The molecule has 2 aromatic carbocycles. The van der Waals surface area contributed by atoms with Crippen molar-refractivity contribution in [2.45, 2.75) is 59.4 Å². The van der Waals surface area contributed by atoms with Crippen molar-refractivity contribution in [2.75, 3.05) is 18.5 Å². The van der Waals surface area contributed by atoms with E-state index in [4.69, 9.17) is 9.47 Å². The first-order valence-corrected chi connectivity index (χ1v) is 10.4. The van der Waals surface area contributed by atoms with Crippen LogP contribution in [-0.4, -0.2) is 13.2 Å². The summed E-state index contributed by atoms with van der Waals surface area (Å²) < 4.78 is 11.6. The highest BCUT2D eigenvalue weighted by Crippen LogP contribution is 2.19. The van der Waals surface area contributed by atoms with E-state index in [0.717, 1.165) is 43.4 Å². The lowest BCUT2D eigenvalue weighted by molar-refractivity contribution is 0.271. The summed E-state index contributed by atoms with van der Waals surface area (Å²) in [5.41, 5.74) is 2.31. The van der Waals surface area contributed by atoms with Crippen LogP contribution in [0.3, 0.4) is 0 Å². The van der Waals surface area contributed by atoms with E-state index in [2.05, 4.69) is 62.5 Å². The number of hydrogen-bond donors (Lipinski definition) is 1. The summed E-state index contributed by atoms with van der Waals surface area (Å²) in [6, 6.07) is 16.5. The van der Waals surface area contributed by atoms with Crippen molar-refractivity contribution in [3.63, 3.8) is 0 Å². The predicted octanol–water partition coefficient (Wildman–Crippen LogP) is 6.68. The smallest absolute Gasteiger partial charge is 0.121 e. The molecule has 0 atom stereocenters. The first kappa shape index (κ1) is 21.1. The molecule has 0 bridgehead atoms. The Labute approximate surface area is 165 Å². The molecule has 0 aliphatic rings. The van der Waals surface area contributed by atoms with E-state index in [1.807, 2.05) is 12.1 Å². The zero-order chi connectivity index (χ0) is 19.3. The predicted molar refractivity (Wildman–Crippen MR) is 115 cm³/mol. The van der Waals surface area contributed by atoms with E-state index in [0.29, 0.717) is 5.92 Å². The summed E-state index contributed by atoms with van der Waals surface area (Å²) in [7, 11) is 0. The van der Waals surface area contributed by atoms with E-state index < -0.39 is 0 Å². The molecule has 0 saturated heterocycles. The Morgan fingerprint density at radius 2 is 1.63 bits per heavy atom. The van der Waals surface area contributed by atoms with Crippen LogP contribution in [-0.2, 0) is 6.54 Å². The zero-order valence-corrected chi connectivity index (χ0v) is 17.2. The fourth-order valence-corrected chi connectivity index (χ4v) is 2.76. The lowest BCUT2D eigenvalue weighted by Gasteiger charge is -2.12. The number of anilines is 1. The maximum atomic E-state index is 5.83. The highest BCUT2D eigenvalue weighted by molar-refractivity contribution is 5.48. The molecule has 0 fully saturated rings. The quantitative estimate of drug-likeness (QED) is 0.399. The molecule has 2 rings (SSSR count). The molecule has 0 heterocycles. The molecule has 0 unspecified atom stereocenters. The summed E-state index contributed by atoms with van der Waals surface area (Å²) in [5.74, 6) is 2.40. The minimum Gasteiger partial charge on any atom is -0.494 e. The fraction of sp³-hybridized carbons (Fsp3) is 0.500. The van der Waals surface area contributed by atoms with Gasteiger partial charge in [0.2, 0.25) is 0 Å². The number of unbranched alkanes of at least 4 members (excludes halogenated alkanes) is 4. The highest BCUT2D eigenvalue weighted by Gasteiger charge is 2.00. The second-order valence-electron chi connectivity index (χ2n) is 7.49. The van der Waals surface area contributed by atoms with Crippen LogP contribution in [0.25, 0.3) is 0 Å². The van der Waals surface area contributed by atoms with Gasteiger partial charge in [-0.15, -0.1) is 0 Å². The first-order valence-electron chi connectivity index (χ1n) is 10.4. The fourth-order valence-electron chi connectivity index (χ4n) is 2.76. The van der Waals surface area contributed by atoms with Crippen molar-refractivity contribution in [3.05, 3.63) is 54.1 Å². The molecule has 0 saturated carbocycles. The average molecular weight is 370 g/mol. The molecule has 148 valence electrons. The third kappa shape index (κ3) is 8.85. The van der Waals surface area contributed by atoms with Crippen LogP contribution in [0, 0.1) is 5.92 Å². The molecule has 0 aromatic heterocycles. The van der Waals surface area contributed by atoms with E-state index in [-0.39, 0.29) is 0 Å². The van der Waals surface area contributed by atoms with Crippen molar-refractivity contribution in [1.29, 1.82) is 0 Å². The highest BCUT2D eigenvalue weighted by atomic mass is 16.5. The monoisotopic (exact) mass is 369 g/mol. The second kappa shape index (κ2) is 12.3. The summed E-state index contributed by atoms with van der Waals surface area (Å²) in [5, 5.41) is 3.46. The van der Waals surface area contributed by atoms with Gasteiger partial charge in [0.25, 0.3) is 0 Å². The van der Waals surface area contributed by atoms with Gasteiger partial charge in [-0.1, -0.05) is 64.7 Å². The number of hydrogen-bond acceptors (Lipinski definition) is 3. The van der Waals surface area contributed by atoms with Crippen LogP contribution < -0.4 is 14.8 Å². The number of nitrogens with one attached hydrogen (secondary N) is 1. The Bertz CT molecular complexity index is 637. The molecule has 0 amide bonds. The number of benzene rings is 2. The standard InChI is InChI=1S/C24H35NO2/c1-4-5-6-7-8-16-26-23-14-12-21(13-15-23)18-25-22-10-9-11-24(17-22)27-19-20(2)3/h9-15,17,20,25H,4-8,16,18-19H2,1-3H3. The summed E-state index contributed by atoms with van der Waals surface area (Å²) in [4.78, 5) is 0. The summed E-state index contributed by atoms with van der Waals surface area (Å²) >= 11 is 0. The van der Waals surface area contributed by atoms with Gasteiger partial charge in [0, 0.05) is 18.3 Å². The Kier molecular flexibility index (Phi) is 9.61. The minimum absolute atomic E-state index is 0.527. The molecular formula is C24H35NO2. The molecule has 2 aromatic rings. The van der Waals surface area contributed by atoms with Crippen molar-refractivity contribution in [3.8, 4) is 11.5 Å². The van der Waals surface area contributed by atoms with Gasteiger partial charge >= 0.3 is 0 Å². The molecule has 27 heavy (non-hydrogen) atoms. The zero-order valence-electron chi connectivity index (χ0n) is 17.2. The van der Waals surface area contributed by atoms with Gasteiger partial charge < -0.3 is 14.8 Å². The van der Waals surface area contributed by atoms with E-state index in [1.165, 1.54) is 31.2 Å². The number of rotatable bonds is 13. The van der Waals surface area contributed by atoms with Crippen LogP contribution in [0.2, 0.25) is 0 Å². The van der Waals surface area contributed by atoms with Gasteiger partial charge in [-0.2, -0.15) is 0 Å². The van der Waals surface area contributed by atoms with Crippen LogP contribution in [0.4, 0.5) is 5.69 Å². The van der Waals surface area contributed by atoms with Crippen LogP contribution >= 0.6 is 0 Å². The molecule has 0 aliphatic carbocycles. The molecule has 0 radical (unpaired) electrons. The molecule has 3 nitrogen and oxygen atoms in total. The molecule has 1 N–H and O–H groups in total. The lowest BCUT2D eigenvalue weighted by Crippen LogP contribution is -2.05. The molecule has 0 aliphatic heterocycles. The molecule has 3 heteroatoms. The van der Waals surface area contributed by atoms with Crippen molar-refractivity contribution >= 4 is 5.69 Å². The van der Waals surface area contributed by atoms with Crippen LogP contribution in [0.5, 0.6) is 11.5 Å². The van der Waals surface area contributed by atoms with Gasteiger partial charge in [0.15, 0.2) is 0 Å². The largest absolute Gasteiger partial charge is 0.494 e. The Balaban J connectivity index is 1.72. The second-order valence-corrected chi connectivity index (χ2v) is 7.49. The Morgan fingerprint density at radius 3 is 2.37 bits per heavy atom. The van der Waals surface area contributed by atoms with Gasteiger partial charge in [-0.25, -0.2) is 0 Å². The van der Waals surface area contributed by atoms with Crippen LogP contribution in [0.15, 0.2) is 48.5 Å². The van der Waals surface area contributed by atoms with Gasteiger partial charge in [0.1, 0.15) is 11.5 Å². The van der Waals surface area contributed by atoms with Gasteiger partial charge in [-0.3, -0.25) is 0 Å². The van der Waals surface area contributed by atoms with Crippen molar-refractivity contribution in [1.82, 2.24) is 0 Å².